The zero-order valence-corrected chi connectivity index (χ0v) is 10.9. The molecule has 0 heterocycles. The Morgan fingerprint density at radius 2 is 1.93 bits per heavy atom. The van der Waals surface area contributed by atoms with Gasteiger partial charge in [0.25, 0.3) is 0 Å². The summed E-state index contributed by atoms with van der Waals surface area (Å²) in [7, 11) is -2.86. The maximum Gasteiger partial charge on any atom is 0.153 e. The van der Waals surface area contributed by atoms with Gasteiger partial charge in [0, 0.05) is 6.54 Å². The summed E-state index contributed by atoms with van der Waals surface area (Å²) >= 11 is 1.81. The molecule has 86 valence electrons. The van der Waals surface area contributed by atoms with Gasteiger partial charge in [-0.1, -0.05) is 0 Å². The minimum Gasteiger partial charge on any atom is -0.316 e. The lowest BCUT2D eigenvalue weighted by molar-refractivity contribution is 0.582. The minimum absolute atomic E-state index is 0.254. The van der Waals surface area contributed by atoms with Gasteiger partial charge in [-0.25, -0.2) is 8.42 Å². The maximum absolute atomic E-state index is 11.4. The lowest BCUT2D eigenvalue weighted by Crippen LogP contribution is -2.28. The molecule has 3 nitrogen and oxygen atoms in total. The molecule has 0 aliphatic carbocycles. The monoisotopic (exact) mass is 239 g/mol. The van der Waals surface area contributed by atoms with Crippen molar-refractivity contribution >= 4 is 21.6 Å². The molecule has 0 radical (unpaired) electrons. The molecule has 0 rings (SSSR count). The van der Waals surface area contributed by atoms with Crippen molar-refractivity contribution in [2.24, 2.45) is 0 Å². The number of hydrogen-bond acceptors (Lipinski definition) is 4. The fraction of sp³-hybridized carbons (Fsp3) is 1.00. The van der Waals surface area contributed by atoms with E-state index in [1.54, 1.807) is 13.8 Å². The maximum atomic E-state index is 11.4. The average molecular weight is 239 g/mol. The van der Waals surface area contributed by atoms with Crippen LogP contribution in [0.15, 0.2) is 0 Å². The third-order valence-electron chi connectivity index (χ3n) is 1.98. The molecule has 0 aromatic rings. The van der Waals surface area contributed by atoms with E-state index in [0.717, 1.165) is 18.7 Å². The Hall–Kier alpha value is 0.260. The SMILES string of the molecule is CSCCCNCCS(=O)(=O)C(C)C. The molecule has 0 fully saturated rings. The van der Waals surface area contributed by atoms with Crippen LogP contribution in [0, 0.1) is 0 Å². The van der Waals surface area contributed by atoms with Gasteiger partial charge in [0.15, 0.2) is 9.84 Å². The molecular formula is C9H21NO2S2. The summed E-state index contributed by atoms with van der Waals surface area (Å²) in [5.41, 5.74) is 0. The topological polar surface area (TPSA) is 46.2 Å². The number of sulfone groups is 1. The Labute approximate surface area is 92.0 Å². The lowest BCUT2D eigenvalue weighted by Gasteiger charge is -2.08. The molecular weight excluding hydrogens is 218 g/mol. The van der Waals surface area contributed by atoms with Crippen LogP contribution in [0.4, 0.5) is 0 Å². The van der Waals surface area contributed by atoms with E-state index in [9.17, 15) is 8.42 Å². The molecule has 0 atom stereocenters. The van der Waals surface area contributed by atoms with Crippen LogP contribution in [-0.2, 0) is 9.84 Å². The van der Waals surface area contributed by atoms with E-state index >= 15 is 0 Å². The van der Waals surface area contributed by atoms with Crippen LogP contribution < -0.4 is 5.32 Å². The first-order valence-electron chi connectivity index (χ1n) is 4.92. The summed E-state index contributed by atoms with van der Waals surface area (Å²) in [6, 6.07) is 0. The Morgan fingerprint density at radius 3 is 2.43 bits per heavy atom. The standard InChI is InChI=1S/C9H21NO2S2/c1-9(2)14(11,12)8-6-10-5-4-7-13-3/h9-10H,4-8H2,1-3H3. The van der Waals surface area contributed by atoms with Gasteiger partial charge < -0.3 is 5.32 Å². The number of thioether (sulfide) groups is 1. The van der Waals surface area contributed by atoms with E-state index in [2.05, 4.69) is 11.6 Å². The molecule has 0 amide bonds. The summed E-state index contributed by atoms with van der Waals surface area (Å²) in [4.78, 5) is 0. The highest BCUT2D eigenvalue weighted by Gasteiger charge is 2.14. The highest BCUT2D eigenvalue weighted by atomic mass is 32.2. The third-order valence-corrected chi connectivity index (χ3v) is 4.89. The first kappa shape index (κ1) is 14.3. The van der Waals surface area contributed by atoms with Crippen molar-refractivity contribution in [1.29, 1.82) is 0 Å². The second-order valence-electron chi connectivity index (χ2n) is 3.51. The molecule has 0 aromatic carbocycles. The predicted octanol–water partition coefficient (Wildman–Crippen LogP) is 1.15. The summed E-state index contributed by atoms with van der Waals surface area (Å²) in [5, 5.41) is 2.88. The molecule has 0 unspecified atom stereocenters. The molecule has 1 N–H and O–H groups in total. The smallest absolute Gasteiger partial charge is 0.153 e. The van der Waals surface area contributed by atoms with E-state index in [0.29, 0.717) is 6.54 Å². The van der Waals surface area contributed by atoms with Crippen molar-refractivity contribution in [3.63, 3.8) is 0 Å². The van der Waals surface area contributed by atoms with Gasteiger partial charge in [-0.05, 0) is 38.8 Å². The quantitative estimate of drug-likeness (QED) is 0.646. The van der Waals surface area contributed by atoms with E-state index in [1.807, 2.05) is 11.8 Å². The van der Waals surface area contributed by atoms with Gasteiger partial charge in [-0.2, -0.15) is 11.8 Å². The number of hydrogen-bond donors (Lipinski definition) is 1. The van der Waals surface area contributed by atoms with Crippen LogP contribution in [0.1, 0.15) is 20.3 Å². The molecule has 14 heavy (non-hydrogen) atoms. The van der Waals surface area contributed by atoms with Gasteiger partial charge in [0.2, 0.25) is 0 Å². The highest BCUT2D eigenvalue weighted by Crippen LogP contribution is 1.99. The lowest BCUT2D eigenvalue weighted by atomic mass is 10.5. The second-order valence-corrected chi connectivity index (χ2v) is 7.17. The van der Waals surface area contributed by atoms with Gasteiger partial charge in [-0.3, -0.25) is 0 Å². The molecule has 0 saturated heterocycles. The van der Waals surface area contributed by atoms with Crippen LogP contribution in [-0.4, -0.2) is 44.5 Å². The van der Waals surface area contributed by atoms with Crippen molar-refractivity contribution in [2.45, 2.75) is 25.5 Å². The summed E-state index contributed by atoms with van der Waals surface area (Å²) in [5.74, 6) is 1.38. The molecule has 0 saturated carbocycles. The summed E-state index contributed by atoms with van der Waals surface area (Å²) in [6.45, 7) is 4.94. The van der Waals surface area contributed by atoms with Crippen LogP contribution >= 0.6 is 11.8 Å². The van der Waals surface area contributed by atoms with Gasteiger partial charge in [0.05, 0.1) is 11.0 Å². The van der Waals surface area contributed by atoms with Crippen molar-refractivity contribution < 1.29 is 8.42 Å². The number of rotatable bonds is 8. The largest absolute Gasteiger partial charge is 0.316 e. The van der Waals surface area contributed by atoms with E-state index < -0.39 is 9.84 Å². The highest BCUT2D eigenvalue weighted by molar-refractivity contribution is 7.98. The molecule has 0 bridgehead atoms. The predicted molar refractivity (Wildman–Crippen MR) is 64.8 cm³/mol. The fourth-order valence-electron chi connectivity index (χ4n) is 0.917. The average Bonchev–Trinajstić information content (AvgIpc) is 2.10. The van der Waals surface area contributed by atoms with E-state index in [-0.39, 0.29) is 11.0 Å². The van der Waals surface area contributed by atoms with Gasteiger partial charge >= 0.3 is 0 Å². The van der Waals surface area contributed by atoms with Gasteiger partial charge in [0.1, 0.15) is 0 Å². The van der Waals surface area contributed by atoms with Crippen molar-refractivity contribution in [3.05, 3.63) is 0 Å². The van der Waals surface area contributed by atoms with Crippen molar-refractivity contribution in [3.8, 4) is 0 Å². The Kier molecular flexibility index (Phi) is 7.68. The molecule has 0 aliphatic heterocycles. The minimum atomic E-state index is -2.86. The zero-order valence-electron chi connectivity index (χ0n) is 9.25. The van der Waals surface area contributed by atoms with Crippen LogP contribution in [0.5, 0.6) is 0 Å². The van der Waals surface area contributed by atoms with Crippen LogP contribution in [0.25, 0.3) is 0 Å². The molecule has 0 aromatic heterocycles. The fourth-order valence-corrected chi connectivity index (χ4v) is 2.25. The number of nitrogens with one attached hydrogen (secondary N) is 1. The normalized spacial score (nSPS) is 12.3. The van der Waals surface area contributed by atoms with E-state index in [4.69, 9.17) is 0 Å². The summed E-state index contributed by atoms with van der Waals surface area (Å²) < 4.78 is 22.8. The Bertz CT molecular complexity index is 225. The van der Waals surface area contributed by atoms with Crippen molar-refractivity contribution in [1.82, 2.24) is 5.32 Å². The zero-order chi connectivity index (χ0) is 11.0. The second kappa shape index (κ2) is 7.54. The molecule has 5 heteroatoms. The van der Waals surface area contributed by atoms with Crippen molar-refractivity contribution in [2.75, 3.05) is 30.9 Å². The van der Waals surface area contributed by atoms with Gasteiger partial charge in [-0.15, -0.1) is 0 Å². The van der Waals surface area contributed by atoms with Crippen LogP contribution in [0.3, 0.4) is 0 Å². The Balaban J connectivity index is 3.46. The third kappa shape index (κ3) is 6.68. The Morgan fingerprint density at radius 1 is 1.29 bits per heavy atom. The van der Waals surface area contributed by atoms with E-state index in [1.165, 1.54) is 0 Å². The van der Waals surface area contributed by atoms with Crippen LogP contribution in [0.2, 0.25) is 0 Å². The molecule has 0 aliphatic rings. The first-order chi connectivity index (χ1) is 6.50. The first-order valence-corrected chi connectivity index (χ1v) is 8.03. The molecule has 0 spiro atoms. The summed E-state index contributed by atoms with van der Waals surface area (Å²) in [6.07, 6.45) is 3.17.